The van der Waals surface area contributed by atoms with Crippen LogP contribution in [0.15, 0.2) is 29.2 Å². The van der Waals surface area contributed by atoms with E-state index < -0.39 is 0 Å². The molecule has 0 spiro atoms. The quantitative estimate of drug-likeness (QED) is 0.720. The summed E-state index contributed by atoms with van der Waals surface area (Å²) in [5.41, 5.74) is 1.31. The fraction of sp³-hybridized carbons (Fsp3) is 0.625. The smallest absolute Gasteiger partial charge is 0.0558 e. The minimum absolute atomic E-state index is 0.252. The highest BCUT2D eigenvalue weighted by Crippen LogP contribution is 2.18. The molecule has 0 radical (unpaired) electrons. The van der Waals surface area contributed by atoms with E-state index in [2.05, 4.69) is 41.4 Å². The molecule has 4 heteroatoms. The minimum atomic E-state index is 0.252. The first-order valence-corrected chi connectivity index (χ1v) is 8.52. The van der Waals surface area contributed by atoms with Crippen LogP contribution in [0.25, 0.3) is 0 Å². The monoisotopic (exact) mass is 294 g/mol. The van der Waals surface area contributed by atoms with Gasteiger partial charge in [0.2, 0.25) is 0 Å². The average Bonchev–Trinajstić information content (AvgIpc) is 2.94. The van der Waals surface area contributed by atoms with Gasteiger partial charge < -0.3 is 10.4 Å². The van der Waals surface area contributed by atoms with Gasteiger partial charge >= 0.3 is 0 Å². The highest BCUT2D eigenvalue weighted by atomic mass is 32.2. The molecule has 0 aromatic heterocycles. The normalized spacial score (nSPS) is 18.9. The van der Waals surface area contributed by atoms with Crippen molar-refractivity contribution >= 4 is 11.8 Å². The van der Waals surface area contributed by atoms with E-state index in [-0.39, 0.29) is 6.61 Å². The van der Waals surface area contributed by atoms with Crippen molar-refractivity contribution in [3.63, 3.8) is 0 Å². The number of hydrogen-bond donors (Lipinski definition) is 2. The fourth-order valence-corrected chi connectivity index (χ4v) is 3.50. The molecule has 1 aromatic rings. The van der Waals surface area contributed by atoms with Crippen molar-refractivity contribution in [3.05, 3.63) is 29.8 Å². The first-order valence-electron chi connectivity index (χ1n) is 7.54. The summed E-state index contributed by atoms with van der Waals surface area (Å²) < 4.78 is 0. The van der Waals surface area contributed by atoms with E-state index >= 15 is 0 Å². The van der Waals surface area contributed by atoms with Crippen LogP contribution in [0, 0.1) is 6.92 Å². The third kappa shape index (κ3) is 5.44. The summed E-state index contributed by atoms with van der Waals surface area (Å²) in [5.74, 6) is 1.08. The molecule has 20 heavy (non-hydrogen) atoms. The fourth-order valence-electron chi connectivity index (χ4n) is 2.59. The number of rotatable bonds is 8. The molecule has 2 rings (SSSR count). The topological polar surface area (TPSA) is 35.5 Å². The van der Waals surface area contributed by atoms with Crippen LogP contribution in [0.5, 0.6) is 0 Å². The van der Waals surface area contributed by atoms with Gasteiger partial charge in [0.05, 0.1) is 6.61 Å². The van der Waals surface area contributed by atoms with E-state index in [0.29, 0.717) is 6.04 Å². The van der Waals surface area contributed by atoms with Gasteiger partial charge in [0, 0.05) is 36.3 Å². The largest absolute Gasteiger partial charge is 0.395 e. The average molecular weight is 294 g/mol. The molecule has 1 unspecified atom stereocenters. The van der Waals surface area contributed by atoms with Crippen molar-refractivity contribution < 1.29 is 5.11 Å². The van der Waals surface area contributed by atoms with E-state index in [1.807, 2.05) is 11.8 Å². The van der Waals surface area contributed by atoms with E-state index in [1.54, 1.807) is 0 Å². The van der Waals surface area contributed by atoms with E-state index in [0.717, 1.165) is 31.9 Å². The first kappa shape index (κ1) is 15.8. The van der Waals surface area contributed by atoms with Gasteiger partial charge in [-0.3, -0.25) is 4.90 Å². The number of aliphatic hydroxyl groups is 1. The lowest BCUT2D eigenvalue weighted by atomic mass is 10.2. The van der Waals surface area contributed by atoms with Crippen molar-refractivity contribution in [2.45, 2.75) is 30.7 Å². The molecule has 2 N–H and O–H groups in total. The van der Waals surface area contributed by atoms with Gasteiger partial charge in [-0.25, -0.2) is 0 Å². The van der Waals surface area contributed by atoms with Gasteiger partial charge in [-0.05, 0) is 38.4 Å². The zero-order valence-electron chi connectivity index (χ0n) is 12.3. The maximum atomic E-state index is 9.19. The van der Waals surface area contributed by atoms with E-state index in [4.69, 9.17) is 0 Å². The van der Waals surface area contributed by atoms with Crippen LogP contribution in [0.4, 0.5) is 0 Å². The predicted octanol–water partition coefficient (Wildman–Crippen LogP) is 2.13. The van der Waals surface area contributed by atoms with Crippen molar-refractivity contribution in [1.82, 2.24) is 10.2 Å². The van der Waals surface area contributed by atoms with Gasteiger partial charge in [0.15, 0.2) is 0 Å². The number of benzene rings is 1. The van der Waals surface area contributed by atoms with Crippen LogP contribution in [0.1, 0.15) is 18.4 Å². The first-order chi connectivity index (χ1) is 9.78. The molecule has 1 saturated heterocycles. The van der Waals surface area contributed by atoms with Gasteiger partial charge in [0.25, 0.3) is 0 Å². The second-order valence-corrected chi connectivity index (χ2v) is 6.65. The molecule has 1 atom stereocenters. The molecule has 1 aliphatic rings. The van der Waals surface area contributed by atoms with Gasteiger partial charge in [-0.15, -0.1) is 11.8 Å². The van der Waals surface area contributed by atoms with Gasteiger partial charge in [-0.1, -0.05) is 17.7 Å². The molecule has 0 saturated carbocycles. The summed E-state index contributed by atoms with van der Waals surface area (Å²) in [7, 11) is 0. The molecule has 0 bridgehead atoms. The summed E-state index contributed by atoms with van der Waals surface area (Å²) >= 11 is 1.90. The Morgan fingerprint density at radius 1 is 1.30 bits per heavy atom. The molecule has 0 amide bonds. The van der Waals surface area contributed by atoms with Crippen molar-refractivity contribution in [3.8, 4) is 0 Å². The number of hydrogen-bond acceptors (Lipinski definition) is 4. The van der Waals surface area contributed by atoms with Crippen LogP contribution in [-0.4, -0.2) is 54.6 Å². The lowest BCUT2D eigenvalue weighted by Gasteiger charge is -2.24. The van der Waals surface area contributed by atoms with Gasteiger partial charge in [0.1, 0.15) is 0 Å². The number of aryl methyl sites for hydroxylation is 1. The molecule has 0 aliphatic carbocycles. The summed E-state index contributed by atoms with van der Waals surface area (Å²) in [6, 6.07) is 9.32. The van der Waals surface area contributed by atoms with Crippen LogP contribution < -0.4 is 5.32 Å². The lowest BCUT2D eigenvalue weighted by Crippen LogP contribution is -2.40. The Bertz CT molecular complexity index is 377. The maximum Gasteiger partial charge on any atom is 0.0558 e. The Hall–Kier alpha value is -0.550. The summed E-state index contributed by atoms with van der Waals surface area (Å²) in [6.07, 6.45) is 2.56. The molecular formula is C16H26N2OS. The second-order valence-electron chi connectivity index (χ2n) is 5.48. The molecule has 1 aliphatic heterocycles. The molecule has 112 valence electrons. The standard InChI is InChI=1S/C16H26N2OS/c1-14-4-6-16(7-5-14)20-12-10-18(9-11-19)13-15-3-2-8-17-15/h4-7,15,17,19H,2-3,8-13H2,1H3. The Kier molecular flexibility index (Phi) is 6.87. The summed E-state index contributed by atoms with van der Waals surface area (Å²) in [6.45, 7) is 6.41. The SMILES string of the molecule is Cc1ccc(SCCN(CCO)CC2CCCN2)cc1. The Labute approximate surface area is 126 Å². The van der Waals surface area contributed by atoms with Crippen molar-refractivity contribution in [1.29, 1.82) is 0 Å². The molecule has 1 fully saturated rings. The number of nitrogens with zero attached hydrogens (tertiary/aromatic N) is 1. The predicted molar refractivity (Wildman–Crippen MR) is 86.5 cm³/mol. The molecular weight excluding hydrogens is 268 g/mol. The summed E-state index contributed by atoms with van der Waals surface area (Å²) in [4.78, 5) is 3.71. The van der Waals surface area contributed by atoms with Crippen LogP contribution in [0.2, 0.25) is 0 Å². The molecule has 1 aromatic carbocycles. The number of thioether (sulfide) groups is 1. The summed E-state index contributed by atoms with van der Waals surface area (Å²) in [5, 5.41) is 12.7. The third-order valence-corrected chi connectivity index (χ3v) is 4.75. The zero-order valence-corrected chi connectivity index (χ0v) is 13.2. The highest BCUT2D eigenvalue weighted by molar-refractivity contribution is 7.99. The maximum absolute atomic E-state index is 9.19. The van der Waals surface area contributed by atoms with Crippen LogP contribution in [0.3, 0.4) is 0 Å². The Morgan fingerprint density at radius 2 is 2.10 bits per heavy atom. The Morgan fingerprint density at radius 3 is 2.75 bits per heavy atom. The van der Waals surface area contributed by atoms with Crippen molar-refractivity contribution in [2.24, 2.45) is 0 Å². The van der Waals surface area contributed by atoms with Gasteiger partial charge in [-0.2, -0.15) is 0 Å². The lowest BCUT2D eigenvalue weighted by molar-refractivity contribution is 0.192. The minimum Gasteiger partial charge on any atom is -0.395 e. The van der Waals surface area contributed by atoms with E-state index in [9.17, 15) is 5.11 Å². The van der Waals surface area contributed by atoms with Crippen molar-refractivity contribution in [2.75, 3.05) is 38.5 Å². The van der Waals surface area contributed by atoms with E-state index in [1.165, 1.54) is 23.3 Å². The number of nitrogens with one attached hydrogen (secondary N) is 1. The van der Waals surface area contributed by atoms with Crippen LogP contribution >= 0.6 is 11.8 Å². The highest BCUT2D eigenvalue weighted by Gasteiger charge is 2.17. The molecule has 1 heterocycles. The second kappa shape index (κ2) is 8.67. The molecule has 3 nitrogen and oxygen atoms in total. The Balaban J connectivity index is 1.72. The third-order valence-electron chi connectivity index (χ3n) is 3.75. The zero-order chi connectivity index (χ0) is 14.2. The number of aliphatic hydroxyl groups excluding tert-OH is 1. The van der Waals surface area contributed by atoms with Crippen LogP contribution in [-0.2, 0) is 0 Å².